The zero-order valence-electron chi connectivity index (χ0n) is 17.9. The van der Waals surface area contributed by atoms with E-state index in [9.17, 15) is 13.6 Å². The summed E-state index contributed by atoms with van der Waals surface area (Å²) in [5.74, 6) is -0.721. The second-order valence-electron chi connectivity index (χ2n) is 7.67. The molecule has 0 bridgehead atoms. The molecule has 2 aromatic carbocycles. The number of halogens is 2. The summed E-state index contributed by atoms with van der Waals surface area (Å²) >= 11 is 0. The first-order valence-corrected chi connectivity index (χ1v) is 10.2. The Morgan fingerprint density at radius 1 is 1.13 bits per heavy atom. The number of para-hydroxylation sites is 1. The van der Waals surface area contributed by atoms with Crippen LogP contribution in [0.2, 0.25) is 0 Å². The minimum absolute atomic E-state index is 0.00757. The third kappa shape index (κ3) is 6.38. The Balaban J connectivity index is 1.60. The number of nitrogens with zero attached hydrogens (tertiary/aromatic N) is 1. The Labute approximate surface area is 181 Å². The van der Waals surface area contributed by atoms with Crippen molar-refractivity contribution in [3.63, 3.8) is 0 Å². The van der Waals surface area contributed by atoms with Crippen molar-refractivity contribution in [3.8, 4) is 11.5 Å². The van der Waals surface area contributed by atoms with Gasteiger partial charge >= 0.3 is 6.61 Å². The number of methoxy groups -OCH3 is 1. The van der Waals surface area contributed by atoms with Gasteiger partial charge in [-0.05, 0) is 37.1 Å². The molecule has 0 aromatic heterocycles. The van der Waals surface area contributed by atoms with Gasteiger partial charge in [0.15, 0.2) is 11.5 Å². The number of carbonyl (C=O) groups excluding carboxylic acids is 1. The summed E-state index contributed by atoms with van der Waals surface area (Å²) in [6.45, 7) is 3.98. The highest BCUT2D eigenvalue weighted by atomic mass is 19.3. The van der Waals surface area contributed by atoms with E-state index < -0.39 is 12.5 Å². The molecule has 6 nitrogen and oxygen atoms in total. The lowest BCUT2D eigenvalue weighted by molar-refractivity contribution is -0.0705. The van der Waals surface area contributed by atoms with Crippen LogP contribution in [0.1, 0.15) is 35.3 Å². The van der Waals surface area contributed by atoms with Crippen molar-refractivity contribution in [1.82, 2.24) is 10.2 Å². The summed E-state index contributed by atoms with van der Waals surface area (Å²) in [6.07, 6.45) is 0.433. The predicted molar refractivity (Wildman–Crippen MR) is 113 cm³/mol. The fourth-order valence-electron chi connectivity index (χ4n) is 3.78. The van der Waals surface area contributed by atoms with Crippen molar-refractivity contribution in [2.24, 2.45) is 0 Å². The van der Waals surface area contributed by atoms with Crippen LogP contribution in [-0.4, -0.2) is 49.8 Å². The van der Waals surface area contributed by atoms with E-state index in [4.69, 9.17) is 9.47 Å². The second kappa shape index (κ2) is 10.5. The molecule has 1 amide bonds. The molecule has 3 rings (SSSR count). The van der Waals surface area contributed by atoms with Gasteiger partial charge in [-0.1, -0.05) is 30.3 Å². The Kier molecular flexibility index (Phi) is 7.81. The maximum Gasteiger partial charge on any atom is 0.387 e. The van der Waals surface area contributed by atoms with Gasteiger partial charge in [-0.3, -0.25) is 9.69 Å². The Hall–Kier alpha value is -2.71. The lowest BCUT2D eigenvalue weighted by atomic mass is 10.1. The first-order chi connectivity index (χ1) is 14.9. The summed E-state index contributed by atoms with van der Waals surface area (Å²) in [6, 6.07) is 12.4. The van der Waals surface area contributed by atoms with E-state index >= 15 is 0 Å². The molecule has 0 spiro atoms. The molecule has 0 aliphatic carbocycles. The predicted octanol–water partition coefficient (Wildman–Crippen LogP) is 3.84. The topological polar surface area (TPSA) is 60.0 Å². The zero-order chi connectivity index (χ0) is 22.4. The van der Waals surface area contributed by atoms with Gasteiger partial charge in [0.1, 0.15) is 0 Å². The quantitative estimate of drug-likeness (QED) is 0.684. The van der Waals surface area contributed by atoms with Crippen molar-refractivity contribution >= 4 is 5.91 Å². The lowest BCUT2D eigenvalue weighted by Crippen LogP contribution is -2.44. The molecule has 2 atom stereocenters. The van der Waals surface area contributed by atoms with Gasteiger partial charge in [0.25, 0.3) is 5.91 Å². The molecule has 168 valence electrons. The maximum absolute atomic E-state index is 12.8. The van der Waals surface area contributed by atoms with Crippen LogP contribution in [0.4, 0.5) is 8.78 Å². The number of ether oxygens (including phenoxy) is 3. The van der Waals surface area contributed by atoms with Gasteiger partial charge in [0, 0.05) is 26.2 Å². The van der Waals surface area contributed by atoms with Crippen molar-refractivity contribution < 1.29 is 27.8 Å². The van der Waals surface area contributed by atoms with Gasteiger partial charge < -0.3 is 19.5 Å². The van der Waals surface area contributed by atoms with Crippen molar-refractivity contribution in [1.29, 1.82) is 0 Å². The van der Waals surface area contributed by atoms with Gasteiger partial charge in [-0.25, -0.2) is 0 Å². The van der Waals surface area contributed by atoms with Crippen LogP contribution in [0.3, 0.4) is 0 Å². The standard InChI is InChI=1S/C23H28F2N2O4/c1-15-12-27(13-16(2)30-15)14-18-9-7-17(8-10-18)11-26-22(28)19-5-4-6-20(29-3)21(19)31-23(24)25/h4-10,15-16,23H,11-14H2,1-3H3,(H,26,28). The molecule has 1 aliphatic heterocycles. The average Bonchev–Trinajstić information content (AvgIpc) is 2.72. The zero-order valence-corrected chi connectivity index (χ0v) is 17.9. The van der Waals surface area contributed by atoms with Crippen molar-refractivity contribution in [2.45, 2.75) is 45.8 Å². The summed E-state index contributed by atoms with van der Waals surface area (Å²) in [5.41, 5.74) is 2.07. The highest BCUT2D eigenvalue weighted by Gasteiger charge is 2.22. The molecule has 2 unspecified atom stereocenters. The molecular weight excluding hydrogens is 406 g/mol. The third-order valence-electron chi connectivity index (χ3n) is 5.03. The van der Waals surface area contributed by atoms with E-state index in [0.29, 0.717) is 0 Å². The smallest absolute Gasteiger partial charge is 0.387 e. The summed E-state index contributed by atoms with van der Waals surface area (Å²) < 4.78 is 40.8. The third-order valence-corrected chi connectivity index (χ3v) is 5.03. The van der Waals surface area contributed by atoms with E-state index in [1.165, 1.54) is 24.8 Å². The summed E-state index contributed by atoms with van der Waals surface area (Å²) in [7, 11) is 1.33. The molecule has 1 heterocycles. The summed E-state index contributed by atoms with van der Waals surface area (Å²) in [4.78, 5) is 14.9. The molecule has 0 saturated carbocycles. The molecule has 2 aromatic rings. The largest absolute Gasteiger partial charge is 0.493 e. The van der Waals surface area contributed by atoms with E-state index in [2.05, 4.69) is 28.8 Å². The molecule has 1 fully saturated rings. The average molecular weight is 434 g/mol. The maximum atomic E-state index is 12.8. The first kappa shape index (κ1) is 23.0. The van der Waals surface area contributed by atoms with Crippen LogP contribution >= 0.6 is 0 Å². The SMILES string of the molecule is COc1cccc(C(=O)NCc2ccc(CN3CC(C)OC(C)C3)cc2)c1OC(F)F. The number of hydrogen-bond acceptors (Lipinski definition) is 5. The van der Waals surface area contributed by atoms with Crippen LogP contribution < -0.4 is 14.8 Å². The van der Waals surface area contributed by atoms with Crippen LogP contribution in [0.15, 0.2) is 42.5 Å². The van der Waals surface area contributed by atoms with E-state index in [-0.39, 0.29) is 35.8 Å². The van der Waals surface area contributed by atoms with E-state index in [0.717, 1.165) is 25.2 Å². The van der Waals surface area contributed by atoms with Crippen molar-refractivity contribution in [2.75, 3.05) is 20.2 Å². The van der Waals surface area contributed by atoms with Gasteiger partial charge in [-0.2, -0.15) is 8.78 Å². The number of nitrogens with one attached hydrogen (secondary N) is 1. The molecule has 0 radical (unpaired) electrons. The number of hydrogen-bond donors (Lipinski definition) is 1. The van der Waals surface area contributed by atoms with Crippen LogP contribution in [0, 0.1) is 0 Å². The highest BCUT2D eigenvalue weighted by Crippen LogP contribution is 2.32. The number of amides is 1. The Bertz CT molecular complexity index is 866. The van der Waals surface area contributed by atoms with Crippen LogP contribution in [-0.2, 0) is 17.8 Å². The van der Waals surface area contributed by atoms with Gasteiger partial charge in [-0.15, -0.1) is 0 Å². The summed E-state index contributed by atoms with van der Waals surface area (Å²) in [5, 5.41) is 2.75. The minimum Gasteiger partial charge on any atom is -0.493 e. The fourth-order valence-corrected chi connectivity index (χ4v) is 3.78. The van der Waals surface area contributed by atoms with Gasteiger partial charge in [0.05, 0.1) is 24.9 Å². The van der Waals surface area contributed by atoms with E-state index in [1.54, 1.807) is 6.07 Å². The molecule has 1 N–H and O–H groups in total. The fraction of sp³-hybridized carbons (Fsp3) is 0.435. The second-order valence-corrected chi connectivity index (χ2v) is 7.67. The van der Waals surface area contributed by atoms with Crippen LogP contribution in [0.25, 0.3) is 0 Å². The highest BCUT2D eigenvalue weighted by molar-refractivity contribution is 5.97. The molecular formula is C23H28F2N2O4. The number of benzene rings is 2. The van der Waals surface area contributed by atoms with E-state index in [1.807, 2.05) is 24.3 Å². The monoisotopic (exact) mass is 434 g/mol. The number of rotatable bonds is 8. The normalized spacial score (nSPS) is 19.3. The molecule has 31 heavy (non-hydrogen) atoms. The number of morpholine rings is 1. The first-order valence-electron chi connectivity index (χ1n) is 10.2. The lowest BCUT2D eigenvalue weighted by Gasteiger charge is -2.35. The Morgan fingerprint density at radius 2 is 1.77 bits per heavy atom. The molecule has 1 saturated heterocycles. The molecule has 8 heteroatoms. The number of carbonyl (C=O) groups is 1. The van der Waals surface area contributed by atoms with Crippen molar-refractivity contribution in [3.05, 3.63) is 59.2 Å². The minimum atomic E-state index is -3.06. The van der Waals surface area contributed by atoms with Crippen LogP contribution in [0.5, 0.6) is 11.5 Å². The Morgan fingerprint density at radius 3 is 2.39 bits per heavy atom. The number of alkyl halides is 2. The van der Waals surface area contributed by atoms with Gasteiger partial charge in [0.2, 0.25) is 0 Å². The molecule has 1 aliphatic rings.